The molecule has 2 rings (SSSR count). The van der Waals surface area contributed by atoms with Gasteiger partial charge in [-0.1, -0.05) is 6.07 Å². The number of hydrogen-bond acceptors (Lipinski definition) is 5. The molecule has 1 aliphatic heterocycles. The molecule has 5 nitrogen and oxygen atoms in total. The lowest BCUT2D eigenvalue weighted by atomic mass is 10.2. The predicted molar refractivity (Wildman–Crippen MR) is 68.3 cm³/mol. The standard InChI is InChI=1S/C10H12ClNO4S2/c1-16-10(13)8-5-7(11)6-12(8)18(14,15)9-3-2-4-17-9/h2-4,7-8H,5-6H2,1H3. The number of carbonyl (C=O) groups excluding carboxylic acids is 1. The van der Waals surface area contributed by atoms with Crippen LogP contribution in [0.2, 0.25) is 0 Å². The Labute approximate surface area is 114 Å². The van der Waals surface area contributed by atoms with E-state index in [-0.39, 0.29) is 22.6 Å². The molecule has 0 aliphatic carbocycles. The summed E-state index contributed by atoms with van der Waals surface area (Å²) in [4.78, 5) is 11.6. The number of ether oxygens (including phenoxy) is 1. The summed E-state index contributed by atoms with van der Waals surface area (Å²) in [5.41, 5.74) is 0. The third-order valence-electron chi connectivity index (χ3n) is 2.74. The Morgan fingerprint density at radius 1 is 1.61 bits per heavy atom. The van der Waals surface area contributed by atoms with E-state index in [2.05, 4.69) is 4.74 Å². The largest absolute Gasteiger partial charge is 0.468 e. The highest BCUT2D eigenvalue weighted by Crippen LogP contribution is 2.31. The van der Waals surface area contributed by atoms with Crippen molar-refractivity contribution in [3.8, 4) is 0 Å². The van der Waals surface area contributed by atoms with E-state index in [1.54, 1.807) is 11.4 Å². The van der Waals surface area contributed by atoms with Crippen LogP contribution in [-0.2, 0) is 19.6 Å². The summed E-state index contributed by atoms with van der Waals surface area (Å²) in [5.74, 6) is -0.571. The molecule has 0 bridgehead atoms. The first-order valence-corrected chi connectivity index (χ1v) is 7.99. The molecule has 1 saturated heterocycles. The summed E-state index contributed by atoms with van der Waals surface area (Å²) in [6.45, 7) is 0.127. The number of hydrogen-bond donors (Lipinski definition) is 0. The molecule has 0 N–H and O–H groups in total. The van der Waals surface area contributed by atoms with E-state index in [4.69, 9.17) is 11.6 Å². The summed E-state index contributed by atoms with van der Waals surface area (Å²) in [6, 6.07) is 2.33. The van der Waals surface area contributed by atoms with Gasteiger partial charge in [-0.2, -0.15) is 4.31 Å². The zero-order valence-electron chi connectivity index (χ0n) is 9.58. The van der Waals surface area contributed by atoms with Gasteiger partial charge in [-0.3, -0.25) is 4.79 Å². The SMILES string of the molecule is COC(=O)C1CC(Cl)CN1S(=O)(=O)c1cccs1. The molecule has 0 amide bonds. The lowest BCUT2D eigenvalue weighted by Crippen LogP contribution is -2.40. The number of methoxy groups -OCH3 is 1. The normalized spacial score (nSPS) is 25.2. The molecular weight excluding hydrogens is 298 g/mol. The van der Waals surface area contributed by atoms with Crippen LogP contribution in [0.15, 0.2) is 21.7 Å². The van der Waals surface area contributed by atoms with E-state index >= 15 is 0 Å². The average Bonchev–Trinajstić information content (AvgIpc) is 2.96. The van der Waals surface area contributed by atoms with E-state index in [0.29, 0.717) is 0 Å². The Morgan fingerprint density at radius 2 is 2.33 bits per heavy atom. The van der Waals surface area contributed by atoms with E-state index in [1.165, 1.54) is 13.2 Å². The van der Waals surface area contributed by atoms with Gasteiger partial charge in [0.25, 0.3) is 10.0 Å². The number of nitrogens with zero attached hydrogens (tertiary/aromatic N) is 1. The molecule has 8 heteroatoms. The molecule has 1 aliphatic rings. The maximum absolute atomic E-state index is 12.3. The average molecular weight is 310 g/mol. The summed E-state index contributed by atoms with van der Waals surface area (Å²) >= 11 is 7.07. The smallest absolute Gasteiger partial charge is 0.324 e. The van der Waals surface area contributed by atoms with Crippen LogP contribution in [0.5, 0.6) is 0 Å². The lowest BCUT2D eigenvalue weighted by molar-refractivity contribution is -0.144. The monoisotopic (exact) mass is 309 g/mol. The van der Waals surface area contributed by atoms with Gasteiger partial charge in [0.05, 0.1) is 7.11 Å². The Bertz CT molecular complexity index is 528. The van der Waals surface area contributed by atoms with Crippen LogP contribution in [0.25, 0.3) is 0 Å². The van der Waals surface area contributed by atoms with Crippen molar-refractivity contribution < 1.29 is 17.9 Å². The Balaban J connectivity index is 2.34. The van der Waals surface area contributed by atoms with Gasteiger partial charge in [0.15, 0.2) is 0 Å². The van der Waals surface area contributed by atoms with Crippen molar-refractivity contribution in [2.75, 3.05) is 13.7 Å². The third-order valence-corrected chi connectivity index (χ3v) is 6.30. The number of thiophene rings is 1. The second-order valence-electron chi connectivity index (χ2n) is 3.88. The van der Waals surface area contributed by atoms with Crippen molar-refractivity contribution in [2.24, 2.45) is 0 Å². The van der Waals surface area contributed by atoms with Crippen LogP contribution in [0.1, 0.15) is 6.42 Å². The van der Waals surface area contributed by atoms with Gasteiger partial charge in [-0.15, -0.1) is 22.9 Å². The molecule has 2 unspecified atom stereocenters. The fourth-order valence-electron chi connectivity index (χ4n) is 1.90. The minimum atomic E-state index is -3.67. The molecule has 0 spiro atoms. The van der Waals surface area contributed by atoms with Gasteiger partial charge in [0.1, 0.15) is 10.3 Å². The van der Waals surface area contributed by atoms with Gasteiger partial charge >= 0.3 is 5.97 Å². The van der Waals surface area contributed by atoms with Crippen molar-refractivity contribution in [3.05, 3.63) is 17.5 Å². The van der Waals surface area contributed by atoms with Crippen molar-refractivity contribution >= 4 is 38.9 Å². The summed E-state index contributed by atoms with van der Waals surface area (Å²) < 4.78 is 30.6. The number of esters is 1. The summed E-state index contributed by atoms with van der Waals surface area (Å²) in [7, 11) is -2.43. The van der Waals surface area contributed by atoms with Crippen molar-refractivity contribution in [3.63, 3.8) is 0 Å². The molecule has 0 radical (unpaired) electrons. The molecule has 100 valence electrons. The van der Waals surface area contributed by atoms with Gasteiger partial charge < -0.3 is 4.74 Å². The van der Waals surface area contributed by atoms with Crippen molar-refractivity contribution in [1.29, 1.82) is 0 Å². The first-order valence-electron chi connectivity index (χ1n) is 5.24. The van der Waals surface area contributed by atoms with Crippen LogP contribution in [0, 0.1) is 0 Å². The second-order valence-corrected chi connectivity index (χ2v) is 7.56. The summed E-state index contributed by atoms with van der Waals surface area (Å²) in [6.07, 6.45) is 0.277. The Kier molecular flexibility index (Phi) is 3.96. The fourth-order valence-corrected chi connectivity index (χ4v) is 5.05. The van der Waals surface area contributed by atoms with Crippen LogP contribution >= 0.6 is 22.9 Å². The van der Waals surface area contributed by atoms with Crippen molar-refractivity contribution in [1.82, 2.24) is 4.31 Å². The van der Waals surface area contributed by atoms with E-state index < -0.39 is 22.0 Å². The molecule has 1 fully saturated rings. The molecule has 18 heavy (non-hydrogen) atoms. The van der Waals surface area contributed by atoms with E-state index in [9.17, 15) is 13.2 Å². The van der Waals surface area contributed by atoms with Gasteiger partial charge in [0.2, 0.25) is 0 Å². The lowest BCUT2D eigenvalue weighted by Gasteiger charge is -2.20. The topological polar surface area (TPSA) is 63.7 Å². The number of sulfonamides is 1. The second kappa shape index (κ2) is 5.16. The van der Waals surface area contributed by atoms with Crippen LogP contribution in [0.3, 0.4) is 0 Å². The number of rotatable bonds is 3. The molecule has 1 aromatic heterocycles. The minimum Gasteiger partial charge on any atom is -0.468 e. The van der Waals surface area contributed by atoms with Gasteiger partial charge in [0, 0.05) is 11.9 Å². The Morgan fingerprint density at radius 3 is 2.89 bits per heavy atom. The van der Waals surface area contributed by atoms with E-state index in [1.807, 2.05) is 0 Å². The zero-order valence-corrected chi connectivity index (χ0v) is 12.0. The first-order chi connectivity index (χ1) is 8.46. The molecule has 0 aromatic carbocycles. The highest BCUT2D eigenvalue weighted by molar-refractivity contribution is 7.91. The first kappa shape index (κ1) is 13.8. The fraction of sp³-hybridized carbons (Fsp3) is 0.500. The maximum atomic E-state index is 12.3. The third kappa shape index (κ3) is 2.40. The maximum Gasteiger partial charge on any atom is 0.324 e. The Hall–Kier alpha value is -0.630. The number of carbonyl (C=O) groups is 1. The zero-order chi connectivity index (χ0) is 13.3. The van der Waals surface area contributed by atoms with E-state index in [0.717, 1.165) is 15.6 Å². The molecule has 2 heterocycles. The van der Waals surface area contributed by atoms with Gasteiger partial charge in [-0.25, -0.2) is 8.42 Å². The predicted octanol–water partition coefficient (Wildman–Crippen LogP) is 1.29. The molecule has 0 saturated carbocycles. The number of halogens is 1. The molecule has 2 atom stereocenters. The highest BCUT2D eigenvalue weighted by atomic mass is 35.5. The van der Waals surface area contributed by atoms with Crippen molar-refractivity contribution in [2.45, 2.75) is 22.0 Å². The van der Waals surface area contributed by atoms with Crippen LogP contribution in [-0.4, -0.2) is 43.8 Å². The molecular formula is C10H12ClNO4S2. The highest BCUT2D eigenvalue weighted by Gasteiger charge is 2.44. The quantitative estimate of drug-likeness (QED) is 0.623. The van der Waals surface area contributed by atoms with Crippen LogP contribution < -0.4 is 0 Å². The summed E-state index contributed by atoms with van der Waals surface area (Å²) in [5, 5.41) is 1.30. The van der Waals surface area contributed by atoms with Crippen LogP contribution in [0.4, 0.5) is 0 Å². The minimum absolute atomic E-state index is 0.127. The van der Waals surface area contributed by atoms with Gasteiger partial charge in [-0.05, 0) is 17.9 Å². The molecule has 1 aromatic rings. The number of alkyl halides is 1.